The molecule has 1 amide bonds. The summed E-state index contributed by atoms with van der Waals surface area (Å²) in [6.45, 7) is 4.64. The van der Waals surface area contributed by atoms with Crippen LogP contribution in [0.2, 0.25) is 0 Å². The molecular formula is C18H23N5O. The molecule has 4 rings (SSSR count). The summed E-state index contributed by atoms with van der Waals surface area (Å²) >= 11 is 0. The minimum atomic E-state index is 0.125. The van der Waals surface area contributed by atoms with Crippen LogP contribution >= 0.6 is 0 Å². The van der Waals surface area contributed by atoms with Crippen LogP contribution in [0.15, 0.2) is 18.5 Å². The van der Waals surface area contributed by atoms with Gasteiger partial charge in [0.05, 0.1) is 0 Å². The molecule has 1 unspecified atom stereocenters. The standard InChI is InChI=1S/C18H23N5O/c1-2-13-11-19-8-7-15(13)18(24)22-9-3-5-14(12-22)17-21-20-16-6-4-10-23(16)17/h7-8,11,14H,2-6,9-10,12H2,1H3. The van der Waals surface area contributed by atoms with Gasteiger partial charge in [-0.05, 0) is 37.3 Å². The summed E-state index contributed by atoms with van der Waals surface area (Å²) in [5.41, 5.74) is 1.81. The van der Waals surface area contributed by atoms with Gasteiger partial charge in [-0.2, -0.15) is 0 Å². The van der Waals surface area contributed by atoms with Crippen LogP contribution < -0.4 is 0 Å². The Morgan fingerprint density at radius 3 is 3.08 bits per heavy atom. The molecule has 0 spiro atoms. The lowest BCUT2D eigenvalue weighted by Gasteiger charge is -2.32. The first-order valence-electron chi connectivity index (χ1n) is 8.92. The van der Waals surface area contributed by atoms with E-state index in [1.165, 1.54) is 0 Å². The van der Waals surface area contributed by atoms with Crippen molar-refractivity contribution in [3.05, 3.63) is 41.2 Å². The summed E-state index contributed by atoms with van der Waals surface area (Å²) in [5, 5.41) is 8.76. The van der Waals surface area contributed by atoms with Gasteiger partial charge < -0.3 is 9.47 Å². The van der Waals surface area contributed by atoms with E-state index >= 15 is 0 Å². The Morgan fingerprint density at radius 2 is 2.21 bits per heavy atom. The Labute approximate surface area is 141 Å². The van der Waals surface area contributed by atoms with Gasteiger partial charge >= 0.3 is 0 Å². The second kappa shape index (κ2) is 6.34. The number of aromatic nitrogens is 4. The van der Waals surface area contributed by atoms with Crippen LogP contribution in [0, 0.1) is 0 Å². The number of amides is 1. The molecule has 1 fully saturated rings. The molecule has 0 aliphatic carbocycles. The van der Waals surface area contributed by atoms with E-state index in [0.29, 0.717) is 5.92 Å². The van der Waals surface area contributed by atoms with Crippen LogP contribution in [0.3, 0.4) is 0 Å². The molecule has 2 aromatic rings. The molecule has 6 nitrogen and oxygen atoms in total. The van der Waals surface area contributed by atoms with Crippen LogP contribution in [-0.4, -0.2) is 43.6 Å². The van der Waals surface area contributed by atoms with Crippen LogP contribution in [-0.2, 0) is 19.4 Å². The lowest BCUT2D eigenvalue weighted by atomic mass is 9.96. The Hall–Kier alpha value is -2.24. The van der Waals surface area contributed by atoms with Gasteiger partial charge in [-0.3, -0.25) is 9.78 Å². The van der Waals surface area contributed by atoms with Crippen molar-refractivity contribution < 1.29 is 4.79 Å². The predicted molar refractivity (Wildman–Crippen MR) is 89.8 cm³/mol. The molecule has 4 heterocycles. The van der Waals surface area contributed by atoms with Crippen molar-refractivity contribution in [1.82, 2.24) is 24.6 Å². The number of carbonyl (C=O) groups is 1. The van der Waals surface area contributed by atoms with Gasteiger partial charge in [-0.15, -0.1) is 10.2 Å². The van der Waals surface area contributed by atoms with Gasteiger partial charge in [0.15, 0.2) is 0 Å². The SMILES string of the molecule is CCc1cnccc1C(=O)N1CCCC(c2nnc3n2CCC3)C1. The summed E-state index contributed by atoms with van der Waals surface area (Å²) in [6, 6.07) is 1.85. The second-order valence-corrected chi connectivity index (χ2v) is 6.71. The number of hydrogen-bond donors (Lipinski definition) is 0. The van der Waals surface area contributed by atoms with Crippen LogP contribution in [0.5, 0.6) is 0 Å². The maximum Gasteiger partial charge on any atom is 0.254 e. The number of rotatable bonds is 3. The van der Waals surface area contributed by atoms with E-state index in [0.717, 1.165) is 74.5 Å². The number of carbonyl (C=O) groups excluding carboxylic acids is 1. The van der Waals surface area contributed by atoms with Crippen LogP contribution in [0.25, 0.3) is 0 Å². The first-order chi connectivity index (χ1) is 11.8. The zero-order chi connectivity index (χ0) is 16.5. The number of hydrogen-bond acceptors (Lipinski definition) is 4. The normalized spacial score (nSPS) is 20.2. The number of piperidine rings is 1. The molecule has 0 saturated carbocycles. The lowest BCUT2D eigenvalue weighted by Crippen LogP contribution is -2.40. The average molecular weight is 325 g/mol. The van der Waals surface area contributed by atoms with E-state index in [4.69, 9.17) is 0 Å². The first kappa shape index (κ1) is 15.3. The Bertz CT molecular complexity index is 754. The number of nitrogens with zero attached hydrogens (tertiary/aromatic N) is 5. The fourth-order valence-corrected chi connectivity index (χ4v) is 3.94. The van der Waals surface area contributed by atoms with E-state index in [-0.39, 0.29) is 5.91 Å². The monoisotopic (exact) mass is 325 g/mol. The largest absolute Gasteiger partial charge is 0.338 e. The molecule has 2 aromatic heterocycles. The van der Waals surface area contributed by atoms with E-state index in [1.807, 2.05) is 11.0 Å². The third-order valence-electron chi connectivity index (χ3n) is 5.23. The third-order valence-corrected chi connectivity index (χ3v) is 5.23. The third kappa shape index (κ3) is 2.60. The van der Waals surface area contributed by atoms with E-state index < -0.39 is 0 Å². The summed E-state index contributed by atoms with van der Waals surface area (Å²) in [7, 11) is 0. The molecule has 0 radical (unpaired) electrons. The van der Waals surface area contributed by atoms with Gasteiger partial charge in [0.25, 0.3) is 5.91 Å². The second-order valence-electron chi connectivity index (χ2n) is 6.71. The number of likely N-dealkylation sites (tertiary alicyclic amines) is 1. The minimum absolute atomic E-state index is 0.125. The highest BCUT2D eigenvalue weighted by Gasteiger charge is 2.31. The Balaban J connectivity index is 1.55. The van der Waals surface area contributed by atoms with Gasteiger partial charge in [0.2, 0.25) is 0 Å². The summed E-state index contributed by atoms with van der Waals surface area (Å²) in [4.78, 5) is 19.1. The fourth-order valence-electron chi connectivity index (χ4n) is 3.94. The predicted octanol–water partition coefficient (Wildman–Crippen LogP) is 2.20. The minimum Gasteiger partial charge on any atom is -0.338 e. The molecule has 1 atom stereocenters. The number of fused-ring (bicyclic) bond motifs is 1. The zero-order valence-electron chi connectivity index (χ0n) is 14.1. The zero-order valence-corrected chi connectivity index (χ0v) is 14.1. The molecule has 2 aliphatic heterocycles. The summed E-state index contributed by atoms with van der Waals surface area (Å²) in [6.07, 6.45) is 8.62. The van der Waals surface area contributed by atoms with Crippen LogP contribution in [0.4, 0.5) is 0 Å². The average Bonchev–Trinajstić information content (AvgIpc) is 3.24. The topological polar surface area (TPSA) is 63.9 Å². The quantitative estimate of drug-likeness (QED) is 0.868. The van der Waals surface area contributed by atoms with E-state index in [9.17, 15) is 4.79 Å². The van der Waals surface area contributed by atoms with E-state index in [1.54, 1.807) is 12.4 Å². The maximum absolute atomic E-state index is 13.0. The van der Waals surface area contributed by atoms with Crippen molar-refractivity contribution in [1.29, 1.82) is 0 Å². The van der Waals surface area contributed by atoms with E-state index in [2.05, 4.69) is 26.7 Å². The van der Waals surface area contributed by atoms with Gasteiger partial charge in [-0.25, -0.2) is 0 Å². The molecule has 0 bridgehead atoms. The van der Waals surface area contributed by atoms with Gasteiger partial charge in [0.1, 0.15) is 11.6 Å². The summed E-state index contributed by atoms with van der Waals surface area (Å²) in [5.74, 6) is 2.61. The highest BCUT2D eigenvalue weighted by atomic mass is 16.2. The Kier molecular flexibility index (Phi) is 4.04. The number of pyridine rings is 1. The van der Waals surface area contributed by atoms with Crippen LogP contribution in [0.1, 0.15) is 59.7 Å². The lowest BCUT2D eigenvalue weighted by molar-refractivity contribution is 0.0702. The smallest absolute Gasteiger partial charge is 0.254 e. The van der Waals surface area contributed by atoms with Crippen molar-refractivity contribution >= 4 is 5.91 Å². The molecule has 1 saturated heterocycles. The highest BCUT2D eigenvalue weighted by Crippen LogP contribution is 2.29. The van der Waals surface area contributed by atoms with Crippen molar-refractivity contribution in [2.45, 2.75) is 51.5 Å². The first-order valence-corrected chi connectivity index (χ1v) is 8.92. The number of aryl methyl sites for hydroxylation is 2. The van der Waals surface area contributed by atoms with Crippen molar-refractivity contribution in [3.8, 4) is 0 Å². The van der Waals surface area contributed by atoms with Crippen molar-refractivity contribution in [3.63, 3.8) is 0 Å². The molecule has 2 aliphatic rings. The van der Waals surface area contributed by atoms with Crippen molar-refractivity contribution in [2.75, 3.05) is 13.1 Å². The molecule has 126 valence electrons. The maximum atomic E-state index is 13.0. The molecule has 6 heteroatoms. The van der Waals surface area contributed by atoms with Crippen molar-refractivity contribution in [2.24, 2.45) is 0 Å². The molecule has 24 heavy (non-hydrogen) atoms. The Morgan fingerprint density at radius 1 is 1.29 bits per heavy atom. The fraction of sp³-hybridized carbons (Fsp3) is 0.556. The van der Waals surface area contributed by atoms with Gasteiger partial charge in [-0.1, -0.05) is 6.92 Å². The highest BCUT2D eigenvalue weighted by molar-refractivity contribution is 5.95. The molecular weight excluding hydrogens is 302 g/mol. The molecule has 0 N–H and O–H groups in total. The summed E-state index contributed by atoms with van der Waals surface area (Å²) < 4.78 is 2.27. The molecule has 0 aromatic carbocycles. The van der Waals surface area contributed by atoms with Gasteiger partial charge in [0, 0.05) is 49.9 Å².